The Balaban J connectivity index is 2.24. The molecule has 1 atom stereocenters. The number of aromatic nitrogens is 2. The molecule has 0 aliphatic carbocycles. The van der Waals surface area contributed by atoms with E-state index >= 15 is 0 Å². The van der Waals surface area contributed by atoms with Crippen molar-refractivity contribution in [3.63, 3.8) is 0 Å². The molecule has 20 heavy (non-hydrogen) atoms. The molecular weight excluding hydrogens is 260 g/mol. The maximum Gasteiger partial charge on any atom is 0.217 e. The number of nitrogens with two attached hydrogens (primary N) is 1. The zero-order chi connectivity index (χ0) is 14.5. The Kier molecular flexibility index (Phi) is 4.09. The fourth-order valence-electron chi connectivity index (χ4n) is 1.82. The van der Waals surface area contributed by atoms with Gasteiger partial charge < -0.3 is 21.0 Å². The van der Waals surface area contributed by atoms with Gasteiger partial charge in [-0.2, -0.15) is 0 Å². The fourth-order valence-corrected chi connectivity index (χ4v) is 1.82. The van der Waals surface area contributed by atoms with Crippen molar-refractivity contribution in [1.82, 2.24) is 9.97 Å². The van der Waals surface area contributed by atoms with E-state index in [9.17, 15) is 14.7 Å². The molecule has 0 saturated carbocycles. The number of carboxylic acid groups (broad SMARTS) is 1. The number of rotatable bonds is 6. The number of benzene rings is 1. The molecule has 0 aliphatic heterocycles. The van der Waals surface area contributed by atoms with Crippen molar-refractivity contribution in [3.8, 4) is 0 Å². The van der Waals surface area contributed by atoms with Crippen molar-refractivity contribution >= 4 is 28.6 Å². The van der Waals surface area contributed by atoms with Crippen LogP contribution in [0.2, 0.25) is 0 Å². The fraction of sp³-hybridized carbons (Fsp3) is 0.231. The van der Waals surface area contributed by atoms with Crippen molar-refractivity contribution in [3.05, 3.63) is 30.6 Å². The second kappa shape index (κ2) is 5.96. The van der Waals surface area contributed by atoms with Crippen LogP contribution in [0.3, 0.4) is 0 Å². The van der Waals surface area contributed by atoms with E-state index in [2.05, 4.69) is 15.3 Å². The number of primary amides is 1. The van der Waals surface area contributed by atoms with Crippen molar-refractivity contribution in [2.24, 2.45) is 5.73 Å². The van der Waals surface area contributed by atoms with Gasteiger partial charge in [-0.25, -0.2) is 9.97 Å². The maximum atomic E-state index is 11.1. The van der Waals surface area contributed by atoms with Gasteiger partial charge in [0.1, 0.15) is 12.1 Å². The van der Waals surface area contributed by atoms with Gasteiger partial charge in [0, 0.05) is 11.8 Å². The highest BCUT2D eigenvalue weighted by molar-refractivity contribution is 5.90. The van der Waals surface area contributed by atoms with E-state index in [4.69, 9.17) is 5.73 Å². The molecule has 0 fully saturated rings. The van der Waals surface area contributed by atoms with Crippen LogP contribution in [0.15, 0.2) is 30.6 Å². The summed E-state index contributed by atoms with van der Waals surface area (Å²) in [6, 6.07) is 6.15. The average molecular weight is 273 g/mol. The minimum atomic E-state index is -1.31. The molecule has 2 rings (SSSR count). The highest BCUT2D eigenvalue weighted by Crippen LogP contribution is 2.19. The van der Waals surface area contributed by atoms with Crippen LogP contribution >= 0.6 is 0 Å². The van der Waals surface area contributed by atoms with E-state index in [1.807, 2.05) is 6.07 Å². The summed E-state index contributed by atoms with van der Waals surface area (Å²) in [5, 5.41) is 14.5. The lowest BCUT2D eigenvalue weighted by molar-refractivity contribution is -0.306. The third-order valence-electron chi connectivity index (χ3n) is 2.82. The molecule has 0 aliphatic rings. The van der Waals surface area contributed by atoms with Gasteiger partial charge in [-0.05, 0) is 18.6 Å². The molecule has 0 saturated heterocycles. The summed E-state index contributed by atoms with van der Waals surface area (Å²) in [4.78, 5) is 29.9. The SMILES string of the molecule is NC(=O)CCC(Nc1ncnc2ccccc12)C(=O)[O-]. The molecule has 1 amide bonds. The lowest BCUT2D eigenvalue weighted by Crippen LogP contribution is -2.41. The van der Waals surface area contributed by atoms with Crippen LogP contribution in [0.1, 0.15) is 12.8 Å². The van der Waals surface area contributed by atoms with Gasteiger partial charge in [-0.3, -0.25) is 4.79 Å². The Bertz CT molecular complexity index is 639. The first kappa shape index (κ1) is 13.7. The van der Waals surface area contributed by atoms with Crippen molar-refractivity contribution in [2.75, 3.05) is 5.32 Å². The van der Waals surface area contributed by atoms with Crippen LogP contribution in [0, 0.1) is 0 Å². The van der Waals surface area contributed by atoms with E-state index < -0.39 is 17.9 Å². The first-order chi connectivity index (χ1) is 9.58. The highest BCUT2D eigenvalue weighted by atomic mass is 16.4. The number of fused-ring (bicyclic) bond motifs is 1. The van der Waals surface area contributed by atoms with Gasteiger partial charge in [-0.15, -0.1) is 0 Å². The average Bonchev–Trinajstić information content (AvgIpc) is 2.43. The molecule has 1 heterocycles. The summed E-state index contributed by atoms with van der Waals surface area (Å²) in [7, 11) is 0. The summed E-state index contributed by atoms with van der Waals surface area (Å²) in [5.74, 6) is -1.49. The third-order valence-corrected chi connectivity index (χ3v) is 2.82. The van der Waals surface area contributed by atoms with E-state index in [1.165, 1.54) is 6.33 Å². The Morgan fingerprint density at radius 3 is 2.75 bits per heavy atom. The first-order valence-corrected chi connectivity index (χ1v) is 6.03. The monoisotopic (exact) mass is 273 g/mol. The number of amides is 1. The zero-order valence-electron chi connectivity index (χ0n) is 10.6. The maximum absolute atomic E-state index is 11.1. The molecule has 2 aromatic rings. The van der Waals surface area contributed by atoms with Gasteiger partial charge in [0.25, 0.3) is 0 Å². The molecule has 1 aromatic heterocycles. The smallest absolute Gasteiger partial charge is 0.217 e. The molecule has 0 spiro atoms. The van der Waals surface area contributed by atoms with Gasteiger partial charge in [0.15, 0.2) is 0 Å². The van der Waals surface area contributed by atoms with Crippen LogP contribution in [-0.4, -0.2) is 27.9 Å². The molecular formula is C13H13N4O3-. The molecule has 7 heteroatoms. The minimum Gasteiger partial charge on any atom is -0.548 e. The van der Waals surface area contributed by atoms with Crippen molar-refractivity contribution in [2.45, 2.75) is 18.9 Å². The van der Waals surface area contributed by atoms with E-state index in [1.54, 1.807) is 18.2 Å². The molecule has 1 unspecified atom stereocenters. The Labute approximate surface area is 114 Å². The van der Waals surface area contributed by atoms with E-state index in [0.717, 1.165) is 0 Å². The van der Waals surface area contributed by atoms with E-state index in [0.29, 0.717) is 16.7 Å². The predicted molar refractivity (Wildman–Crippen MR) is 70.4 cm³/mol. The van der Waals surface area contributed by atoms with Crippen LogP contribution in [-0.2, 0) is 9.59 Å². The number of carbonyl (C=O) groups is 2. The second-order valence-electron chi connectivity index (χ2n) is 4.26. The normalized spacial score (nSPS) is 12.0. The first-order valence-electron chi connectivity index (χ1n) is 6.03. The summed E-state index contributed by atoms with van der Waals surface area (Å²) < 4.78 is 0. The number of nitrogens with one attached hydrogen (secondary N) is 1. The standard InChI is InChI=1S/C13H14N4O3/c14-11(18)6-5-10(13(19)20)17-12-8-3-1-2-4-9(8)15-7-16-12/h1-4,7,10H,5-6H2,(H2,14,18)(H,19,20)(H,15,16,17)/p-1. The Hall–Kier alpha value is -2.70. The largest absolute Gasteiger partial charge is 0.548 e. The number of hydrogen-bond donors (Lipinski definition) is 2. The number of nitrogens with zero attached hydrogens (tertiary/aromatic N) is 2. The van der Waals surface area contributed by atoms with Gasteiger partial charge >= 0.3 is 0 Å². The lowest BCUT2D eigenvalue weighted by atomic mass is 10.1. The lowest BCUT2D eigenvalue weighted by Gasteiger charge is -2.20. The number of anilines is 1. The number of carbonyl (C=O) groups excluding carboxylic acids is 2. The minimum absolute atomic E-state index is 0.0377. The summed E-state index contributed by atoms with van der Waals surface area (Å²) in [6.07, 6.45) is 1.33. The molecule has 1 aromatic carbocycles. The molecule has 104 valence electrons. The highest BCUT2D eigenvalue weighted by Gasteiger charge is 2.13. The molecule has 7 nitrogen and oxygen atoms in total. The van der Waals surface area contributed by atoms with Gasteiger partial charge in [0.05, 0.1) is 17.5 Å². The van der Waals surface area contributed by atoms with Crippen molar-refractivity contribution < 1.29 is 14.7 Å². The molecule has 0 radical (unpaired) electrons. The van der Waals surface area contributed by atoms with Crippen LogP contribution < -0.4 is 16.2 Å². The molecule has 0 bridgehead atoms. The van der Waals surface area contributed by atoms with Crippen LogP contribution in [0.5, 0.6) is 0 Å². The number of hydrogen-bond acceptors (Lipinski definition) is 6. The quantitative estimate of drug-likeness (QED) is 0.726. The Morgan fingerprint density at radius 2 is 2.05 bits per heavy atom. The van der Waals surface area contributed by atoms with Crippen molar-refractivity contribution in [1.29, 1.82) is 0 Å². The number of carboxylic acids is 1. The summed E-state index contributed by atoms with van der Waals surface area (Å²) in [5.41, 5.74) is 5.71. The Morgan fingerprint density at radius 1 is 1.30 bits per heavy atom. The summed E-state index contributed by atoms with van der Waals surface area (Å²) >= 11 is 0. The van der Waals surface area contributed by atoms with Gasteiger partial charge in [-0.1, -0.05) is 12.1 Å². The number of para-hydroxylation sites is 1. The number of aliphatic carboxylic acids is 1. The van der Waals surface area contributed by atoms with Gasteiger partial charge in [0.2, 0.25) is 5.91 Å². The van der Waals surface area contributed by atoms with E-state index in [-0.39, 0.29) is 12.8 Å². The van der Waals surface area contributed by atoms with Crippen LogP contribution in [0.4, 0.5) is 5.82 Å². The third kappa shape index (κ3) is 3.19. The zero-order valence-corrected chi connectivity index (χ0v) is 10.6. The second-order valence-corrected chi connectivity index (χ2v) is 4.26. The topological polar surface area (TPSA) is 121 Å². The predicted octanol–water partition coefficient (Wildman–Crippen LogP) is -0.574. The van der Waals surface area contributed by atoms with Crippen LogP contribution in [0.25, 0.3) is 10.9 Å². The summed E-state index contributed by atoms with van der Waals surface area (Å²) in [6.45, 7) is 0. The molecule has 3 N–H and O–H groups in total.